The maximum atomic E-state index is 5.99. The van der Waals surface area contributed by atoms with Gasteiger partial charge in [-0.15, -0.1) is 0 Å². The zero-order valence-electron chi connectivity index (χ0n) is 10.4. The molecule has 0 radical (unpaired) electrons. The quantitative estimate of drug-likeness (QED) is 0.848. The summed E-state index contributed by atoms with van der Waals surface area (Å²) in [6.45, 7) is 3.83. The second-order valence-corrected chi connectivity index (χ2v) is 6.69. The Hall–Kier alpha value is -0.900. The van der Waals surface area contributed by atoms with E-state index in [1.54, 1.807) is 0 Å². The molecule has 3 fully saturated rings. The predicted molar refractivity (Wildman–Crippen MR) is 62.1 cm³/mol. The highest BCUT2D eigenvalue weighted by molar-refractivity contribution is 5.23. The van der Waals surface area contributed by atoms with Crippen LogP contribution >= 0.6 is 0 Å². The van der Waals surface area contributed by atoms with Crippen molar-refractivity contribution in [1.29, 1.82) is 0 Å². The lowest BCUT2D eigenvalue weighted by Crippen LogP contribution is -2.30. The van der Waals surface area contributed by atoms with Crippen molar-refractivity contribution in [3.63, 3.8) is 0 Å². The molecule has 2 N–H and O–H groups in total. The molecule has 1 aromatic rings. The minimum Gasteiger partial charge on any atom is -0.339 e. The number of aromatic nitrogens is 2. The molecule has 0 aliphatic heterocycles. The molecule has 0 saturated heterocycles. The molecule has 4 rings (SSSR count). The van der Waals surface area contributed by atoms with Gasteiger partial charge in [0, 0.05) is 5.92 Å². The van der Waals surface area contributed by atoms with Gasteiger partial charge in [0.05, 0.1) is 5.54 Å². The second kappa shape index (κ2) is 2.91. The zero-order chi connectivity index (χ0) is 11.8. The number of fused-ring (bicyclic) bond motifs is 5. The van der Waals surface area contributed by atoms with Crippen molar-refractivity contribution in [2.75, 3.05) is 0 Å². The summed E-state index contributed by atoms with van der Waals surface area (Å²) in [6.07, 6.45) is 4.30. The summed E-state index contributed by atoms with van der Waals surface area (Å²) in [6, 6.07) is 0. The SMILES string of the molecule is CC(C)(N)c1noc(C2C3C4CCC(C4)C23)n1. The van der Waals surface area contributed by atoms with Gasteiger partial charge in [0.25, 0.3) is 0 Å². The van der Waals surface area contributed by atoms with Gasteiger partial charge in [-0.25, -0.2) is 0 Å². The molecule has 4 nitrogen and oxygen atoms in total. The van der Waals surface area contributed by atoms with Crippen LogP contribution in [0.2, 0.25) is 0 Å². The van der Waals surface area contributed by atoms with E-state index < -0.39 is 5.54 Å². The fraction of sp³-hybridized carbons (Fsp3) is 0.846. The van der Waals surface area contributed by atoms with Crippen LogP contribution < -0.4 is 5.73 Å². The molecule has 3 saturated carbocycles. The predicted octanol–water partition coefficient (Wildman–Crippen LogP) is 2.02. The Bertz CT molecular complexity index is 445. The lowest BCUT2D eigenvalue weighted by molar-refractivity contribution is 0.344. The van der Waals surface area contributed by atoms with Gasteiger partial charge in [-0.05, 0) is 56.8 Å². The van der Waals surface area contributed by atoms with Crippen LogP contribution in [0.1, 0.15) is 50.7 Å². The molecule has 4 atom stereocenters. The smallest absolute Gasteiger partial charge is 0.230 e. The molecule has 3 aliphatic rings. The third-order valence-corrected chi connectivity index (χ3v) is 5.04. The maximum absolute atomic E-state index is 5.99. The van der Waals surface area contributed by atoms with Crippen LogP contribution in [0.25, 0.3) is 0 Å². The second-order valence-electron chi connectivity index (χ2n) is 6.69. The van der Waals surface area contributed by atoms with Gasteiger partial charge in [0.2, 0.25) is 5.89 Å². The number of hydrogen-bond acceptors (Lipinski definition) is 4. The largest absolute Gasteiger partial charge is 0.339 e. The Balaban J connectivity index is 1.60. The summed E-state index contributed by atoms with van der Waals surface area (Å²) < 4.78 is 5.43. The third-order valence-electron chi connectivity index (χ3n) is 5.04. The molecular weight excluding hydrogens is 214 g/mol. The molecule has 2 bridgehead atoms. The van der Waals surface area contributed by atoms with Crippen LogP contribution in [0.5, 0.6) is 0 Å². The van der Waals surface area contributed by atoms with Crippen molar-refractivity contribution in [2.45, 2.75) is 44.6 Å². The number of nitrogens with two attached hydrogens (primary N) is 1. The van der Waals surface area contributed by atoms with Crippen LogP contribution in [-0.4, -0.2) is 10.1 Å². The van der Waals surface area contributed by atoms with Gasteiger partial charge >= 0.3 is 0 Å². The zero-order valence-corrected chi connectivity index (χ0v) is 10.4. The summed E-state index contributed by atoms with van der Waals surface area (Å²) in [5, 5.41) is 4.04. The van der Waals surface area contributed by atoms with Gasteiger partial charge in [0.1, 0.15) is 0 Å². The van der Waals surface area contributed by atoms with Crippen LogP contribution in [0, 0.1) is 23.7 Å². The number of rotatable bonds is 2. The van der Waals surface area contributed by atoms with Gasteiger partial charge in [-0.3, -0.25) is 0 Å². The number of hydrogen-bond donors (Lipinski definition) is 1. The lowest BCUT2D eigenvalue weighted by atomic mass is 10.0. The summed E-state index contributed by atoms with van der Waals surface area (Å²) in [4.78, 5) is 4.52. The normalized spacial score (nSPS) is 42.9. The Morgan fingerprint density at radius 3 is 2.41 bits per heavy atom. The van der Waals surface area contributed by atoms with Crippen molar-refractivity contribution in [3.05, 3.63) is 11.7 Å². The third kappa shape index (κ3) is 1.27. The standard InChI is InChI=1S/C13H19N3O/c1-13(2,14)12-15-11(17-16-12)10-8-6-3-4-7(5-6)9(8)10/h6-10H,3-5,14H2,1-2H3. The van der Waals surface area contributed by atoms with E-state index in [-0.39, 0.29) is 0 Å². The molecule has 92 valence electrons. The highest BCUT2D eigenvalue weighted by atomic mass is 16.5. The molecule has 3 aliphatic carbocycles. The van der Waals surface area contributed by atoms with Crippen LogP contribution in [-0.2, 0) is 5.54 Å². The Labute approximate surface area is 101 Å². The fourth-order valence-corrected chi connectivity index (χ4v) is 4.29. The first-order valence-electron chi connectivity index (χ1n) is 6.68. The number of nitrogens with zero attached hydrogens (tertiary/aromatic N) is 2. The van der Waals surface area contributed by atoms with Crippen molar-refractivity contribution in [1.82, 2.24) is 10.1 Å². The summed E-state index contributed by atoms with van der Waals surface area (Å²) in [5.74, 6) is 5.64. The molecule has 0 amide bonds. The van der Waals surface area contributed by atoms with E-state index in [2.05, 4.69) is 10.1 Å². The summed E-state index contributed by atoms with van der Waals surface area (Å²) in [5.41, 5.74) is 5.49. The maximum Gasteiger partial charge on any atom is 0.230 e. The van der Waals surface area contributed by atoms with Crippen molar-refractivity contribution in [3.8, 4) is 0 Å². The van der Waals surface area contributed by atoms with E-state index in [9.17, 15) is 0 Å². The highest BCUT2D eigenvalue weighted by Gasteiger charge is 2.67. The first-order valence-corrected chi connectivity index (χ1v) is 6.68. The van der Waals surface area contributed by atoms with Crippen LogP contribution in [0.4, 0.5) is 0 Å². The monoisotopic (exact) mass is 233 g/mol. The van der Waals surface area contributed by atoms with Gasteiger partial charge in [0.15, 0.2) is 5.82 Å². The average molecular weight is 233 g/mol. The van der Waals surface area contributed by atoms with Crippen molar-refractivity contribution >= 4 is 0 Å². The van der Waals surface area contributed by atoms with Gasteiger partial charge in [-0.1, -0.05) is 5.16 Å². The molecule has 1 heterocycles. The van der Waals surface area contributed by atoms with Crippen LogP contribution in [0.15, 0.2) is 4.52 Å². The van der Waals surface area contributed by atoms with E-state index in [1.807, 2.05) is 13.8 Å². The lowest BCUT2D eigenvalue weighted by Gasteiger charge is -2.11. The topological polar surface area (TPSA) is 64.9 Å². The fourth-order valence-electron chi connectivity index (χ4n) is 4.29. The first kappa shape index (κ1) is 10.1. The molecule has 0 aromatic carbocycles. The van der Waals surface area contributed by atoms with E-state index in [4.69, 9.17) is 10.3 Å². The van der Waals surface area contributed by atoms with Crippen molar-refractivity contribution < 1.29 is 4.52 Å². The molecule has 1 aromatic heterocycles. The first-order chi connectivity index (χ1) is 8.05. The molecule has 4 heteroatoms. The average Bonchev–Trinajstić information content (AvgIpc) is 2.74. The molecule has 0 spiro atoms. The minimum absolute atomic E-state index is 0.495. The van der Waals surface area contributed by atoms with Gasteiger partial charge in [-0.2, -0.15) is 4.98 Å². The van der Waals surface area contributed by atoms with Crippen LogP contribution in [0.3, 0.4) is 0 Å². The summed E-state index contributed by atoms with van der Waals surface area (Å²) >= 11 is 0. The Morgan fingerprint density at radius 2 is 1.88 bits per heavy atom. The van der Waals surface area contributed by atoms with E-state index in [1.165, 1.54) is 19.3 Å². The van der Waals surface area contributed by atoms with Crippen molar-refractivity contribution in [2.24, 2.45) is 29.4 Å². The summed E-state index contributed by atoms with van der Waals surface area (Å²) in [7, 11) is 0. The van der Waals surface area contributed by atoms with Gasteiger partial charge < -0.3 is 10.3 Å². The Morgan fingerprint density at radius 1 is 1.24 bits per heavy atom. The van der Waals surface area contributed by atoms with E-state index in [0.29, 0.717) is 11.7 Å². The molecular formula is C13H19N3O. The van der Waals surface area contributed by atoms with E-state index in [0.717, 1.165) is 29.6 Å². The molecule has 4 unspecified atom stereocenters. The molecule has 17 heavy (non-hydrogen) atoms. The Kier molecular flexibility index (Phi) is 1.72. The highest BCUT2D eigenvalue weighted by Crippen LogP contribution is 2.72. The minimum atomic E-state index is -0.495. The van der Waals surface area contributed by atoms with E-state index >= 15 is 0 Å².